The summed E-state index contributed by atoms with van der Waals surface area (Å²) in [4.78, 5) is 30.4. The monoisotopic (exact) mass is 627 g/mol. The summed E-state index contributed by atoms with van der Waals surface area (Å²) in [5.41, 5.74) is 0.388. The van der Waals surface area contributed by atoms with Gasteiger partial charge in [-0.1, -0.05) is 26.2 Å². The maximum atomic E-state index is 14.2. The number of alkyl halides is 3. The van der Waals surface area contributed by atoms with E-state index < -0.39 is 36.9 Å². The van der Waals surface area contributed by atoms with Gasteiger partial charge in [0.25, 0.3) is 5.91 Å². The minimum atomic E-state index is -4.45. The lowest BCUT2D eigenvalue weighted by Gasteiger charge is -2.36. The molecule has 1 fully saturated rings. The van der Waals surface area contributed by atoms with E-state index in [1.165, 1.54) is 44.2 Å². The molecule has 3 rings (SSSR count). The number of amides is 2. The number of nitrogens with one attached hydrogen (secondary N) is 1. The van der Waals surface area contributed by atoms with Gasteiger partial charge in [0.1, 0.15) is 5.75 Å². The number of halogens is 3. The van der Waals surface area contributed by atoms with Gasteiger partial charge in [-0.15, -0.1) is 0 Å². The predicted octanol–water partition coefficient (Wildman–Crippen LogP) is 6.28. The lowest BCUT2D eigenvalue weighted by Crippen LogP contribution is -2.47. The van der Waals surface area contributed by atoms with Gasteiger partial charge in [-0.2, -0.15) is 13.2 Å². The molecule has 1 aromatic carbocycles. The third-order valence-electron chi connectivity index (χ3n) is 8.76. The Bertz CT molecular complexity index is 1050. The number of likely N-dealkylation sites (N-methyl/N-ethyl adjacent to an activating group) is 1. The van der Waals surface area contributed by atoms with Gasteiger partial charge >= 0.3 is 6.18 Å². The zero-order chi connectivity index (χ0) is 32.3. The highest BCUT2D eigenvalue weighted by molar-refractivity contribution is 5.99. The van der Waals surface area contributed by atoms with E-state index in [1.807, 2.05) is 6.92 Å². The van der Waals surface area contributed by atoms with E-state index in [2.05, 4.69) is 24.2 Å². The Kier molecular flexibility index (Phi) is 14.2. The summed E-state index contributed by atoms with van der Waals surface area (Å²) in [7, 11) is 2.13. The zero-order valence-electron chi connectivity index (χ0n) is 26.8. The number of aliphatic hydroxyl groups is 1. The van der Waals surface area contributed by atoms with Crippen LogP contribution in [0.15, 0.2) is 18.2 Å². The van der Waals surface area contributed by atoms with Crippen molar-refractivity contribution in [1.29, 1.82) is 0 Å². The van der Waals surface area contributed by atoms with E-state index in [-0.39, 0.29) is 36.0 Å². The molecular weight excluding hydrogens is 575 g/mol. The van der Waals surface area contributed by atoms with E-state index in [0.29, 0.717) is 24.8 Å². The van der Waals surface area contributed by atoms with Crippen molar-refractivity contribution in [3.05, 3.63) is 23.8 Å². The highest BCUT2D eigenvalue weighted by atomic mass is 19.4. The fourth-order valence-corrected chi connectivity index (χ4v) is 6.13. The number of fused-ring (bicyclic) bond motifs is 1. The third kappa shape index (κ3) is 11.9. The molecule has 2 amide bonds. The molecule has 0 spiro atoms. The average molecular weight is 628 g/mol. The second-order valence-electron chi connectivity index (χ2n) is 12.9. The van der Waals surface area contributed by atoms with Gasteiger partial charge in [0, 0.05) is 44.3 Å². The van der Waals surface area contributed by atoms with Crippen LogP contribution >= 0.6 is 0 Å². The van der Waals surface area contributed by atoms with Crippen molar-refractivity contribution in [1.82, 2.24) is 9.80 Å². The van der Waals surface area contributed by atoms with Crippen molar-refractivity contribution >= 4 is 17.5 Å². The van der Waals surface area contributed by atoms with Crippen LogP contribution in [0.4, 0.5) is 18.9 Å². The summed E-state index contributed by atoms with van der Waals surface area (Å²) < 4.78 is 50.6. The average Bonchev–Trinajstić information content (AvgIpc) is 2.97. The highest BCUT2D eigenvalue weighted by Crippen LogP contribution is 2.30. The van der Waals surface area contributed by atoms with Crippen molar-refractivity contribution in [2.75, 3.05) is 45.2 Å². The molecule has 0 bridgehead atoms. The number of hydrogen-bond acceptors (Lipinski definition) is 6. The number of carbonyl (C=O) groups excluding carboxylic acids is 2. The number of hydrogen-bond donors (Lipinski definition) is 2. The van der Waals surface area contributed by atoms with Gasteiger partial charge in [-0.3, -0.25) is 9.59 Å². The lowest BCUT2D eigenvalue weighted by molar-refractivity contribution is -0.142. The van der Waals surface area contributed by atoms with Gasteiger partial charge in [-0.05, 0) is 77.1 Å². The summed E-state index contributed by atoms with van der Waals surface area (Å²) in [5.74, 6) is -0.222. The Morgan fingerprint density at radius 2 is 1.82 bits per heavy atom. The number of rotatable bonds is 9. The summed E-state index contributed by atoms with van der Waals surface area (Å²) in [6.45, 7) is 8.17. The Morgan fingerprint density at radius 1 is 1.11 bits per heavy atom. The van der Waals surface area contributed by atoms with E-state index in [4.69, 9.17) is 9.47 Å². The van der Waals surface area contributed by atoms with Crippen molar-refractivity contribution in [3.8, 4) is 5.75 Å². The topological polar surface area (TPSA) is 91.3 Å². The zero-order valence-corrected chi connectivity index (χ0v) is 26.8. The quantitative estimate of drug-likeness (QED) is 0.335. The number of ether oxygens (including phenoxy) is 2. The van der Waals surface area contributed by atoms with E-state index in [0.717, 1.165) is 32.4 Å². The summed E-state index contributed by atoms with van der Waals surface area (Å²) >= 11 is 0. The Balaban J connectivity index is 1.86. The minimum absolute atomic E-state index is 0.0572. The van der Waals surface area contributed by atoms with Crippen LogP contribution in [-0.4, -0.2) is 91.0 Å². The largest absolute Gasteiger partial charge is 0.490 e. The highest BCUT2D eigenvalue weighted by Gasteiger charge is 2.31. The van der Waals surface area contributed by atoms with Crippen LogP contribution in [0.25, 0.3) is 0 Å². The number of anilines is 1. The fourth-order valence-electron chi connectivity index (χ4n) is 6.13. The number of aliphatic hydroxyl groups excluding tert-OH is 1. The van der Waals surface area contributed by atoms with Crippen molar-refractivity contribution in [3.63, 3.8) is 0 Å². The van der Waals surface area contributed by atoms with E-state index >= 15 is 0 Å². The normalized spacial score (nSPS) is 23.9. The molecule has 1 aliphatic carbocycles. The van der Waals surface area contributed by atoms with E-state index in [9.17, 15) is 27.9 Å². The van der Waals surface area contributed by atoms with Crippen LogP contribution in [0.2, 0.25) is 0 Å². The SMILES string of the molecule is C[C@@H]1CCCCO[C@H](CN(C)CC2CCCCC2)[C@H](C)CN([C@@H](C)CO)C(=O)c2cc(NC(=O)CCC(F)(F)F)ccc2O1. The third-order valence-corrected chi connectivity index (χ3v) is 8.76. The second-order valence-corrected chi connectivity index (χ2v) is 12.9. The predicted molar refractivity (Wildman–Crippen MR) is 165 cm³/mol. The van der Waals surface area contributed by atoms with Crippen molar-refractivity contribution < 1.29 is 37.3 Å². The summed E-state index contributed by atoms with van der Waals surface area (Å²) in [6, 6.07) is 4.04. The fraction of sp³-hybridized carbons (Fsp3) is 0.758. The molecule has 1 heterocycles. The van der Waals surface area contributed by atoms with Crippen LogP contribution in [0.3, 0.4) is 0 Å². The Morgan fingerprint density at radius 3 is 2.50 bits per heavy atom. The molecule has 1 aromatic rings. The molecule has 2 N–H and O–H groups in total. The molecule has 4 atom stereocenters. The molecule has 1 saturated carbocycles. The first kappa shape index (κ1) is 36.1. The Hall–Kier alpha value is -2.37. The molecule has 0 aromatic heterocycles. The molecular formula is C33H52F3N3O5. The first-order valence-corrected chi connectivity index (χ1v) is 16.3. The van der Waals surface area contributed by atoms with Gasteiger partial charge in [0.15, 0.2) is 0 Å². The Labute approximate surface area is 260 Å². The molecule has 1 aliphatic heterocycles. The summed E-state index contributed by atoms with van der Waals surface area (Å²) in [6.07, 6.45) is 2.15. The number of carbonyl (C=O) groups is 2. The van der Waals surface area contributed by atoms with Crippen LogP contribution < -0.4 is 10.1 Å². The molecule has 8 nitrogen and oxygen atoms in total. The van der Waals surface area contributed by atoms with Crippen molar-refractivity contribution in [2.45, 2.75) is 109 Å². The number of benzene rings is 1. The molecule has 0 radical (unpaired) electrons. The molecule has 0 saturated heterocycles. The minimum Gasteiger partial charge on any atom is -0.490 e. The van der Waals surface area contributed by atoms with Gasteiger partial charge < -0.3 is 29.7 Å². The van der Waals surface area contributed by atoms with Crippen LogP contribution in [0.5, 0.6) is 5.75 Å². The molecule has 11 heteroatoms. The molecule has 250 valence electrons. The van der Waals surface area contributed by atoms with Gasteiger partial charge in [-0.25, -0.2) is 0 Å². The van der Waals surface area contributed by atoms with Gasteiger partial charge in [0.2, 0.25) is 5.91 Å². The molecule has 0 unspecified atom stereocenters. The molecule has 2 aliphatic rings. The van der Waals surface area contributed by atoms with Crippen LogP contribution in [-0.2, 0) is 9.53 Å². The smallest absolute Gasteiger partial charge is 0.389 e. The standard InChI is InChI=1S/C33H52F3N3O5/c1-23-19-39(24(2)22-40)32(42)28-18-27(37-31(41)15-16-33(34,35)36)13-14-29(28)44-25(3)10-8-9-17-43-30(23)21-38(4)20-26-11-6-5-7-12-26/h13-14,18,23-26,30,40H,5-12,15-17,19-22H2,1-4H3,(H,37,41)/t23-,24+,25-,30-/m1/s1. The summed E-state index contributed by atoms with van der Waals surface area (Å²) in [5, 5.41) is 12.6. The maximum Gasteiger partial charge on any atom is 0.389 e. The van der Waals surface area contributed by atoms with Gasteiger partial charge in [0.05, 0.1) is 36.8 Å². The van der Waals surface area contributed by atoms with E-state index in [1.54, 1.807) is 17.9 Å². The second kappa shape index (κ2) is 17.4. The maximum absolute atomic E-state index is 14.2. The lowest BCUT2D eigenvalue weighted by atomic mass is 9.89. The first-order valence-electron chi connectivity index (χ1n) is 16.3. The van der Waals surface area contributed by atoms with Crippen molar-refractivity contribution in [2.24, 2.45) is 11.8 Å². The molecule has 44 heavy (non-hydrogen) atoms. The van der Waals surface area contributed by atoms with Crippen LogP contribution in [0.1, 0.15) is 95.3 Å². The number of nitrogens with zero attached hydrogens (tertiary/aromatic N) is 2. The first-order chi connectivity index (χ1) is 20.9. The van der Waals surface area contributed by atoms with Crippen LogP contribution in [0, 0.1) is 11.8 Å².